The zero-order valence-electron chi connectivity index (χ0n) is 14.8. The average molecular weight is 397 g/mol. The van der Waals surface area contributed by atoms with Crippen molar-refractivity contribution in [3.8, 4) is 0 Å². The van der Waals surface area contributed by atoms with E-state index < -0.39 is 35.2 Å². The second kappa shape index (κ2) is 8.76. The Balaban J connectivity index is 2.09. The molecule has 0 radical (unpaired) electrons. The first-order chi connectivity index (χ1) is 12.7. The fourth-order valence-corrected chi connectivity index (χ4v) is 3.23. The van der Waals surface area contributed by atoms with Crippen LogP contribution in [0.2, 0.25) is 0 Å². The van der Waals surface area contributed by atoms with Gasteiger partial charge in [-0.1, -0.05) is 17.8 Å². The third-order valence-corrected chi connectivity index (χ3v) is 4.60. The number of esters is 1. The van der Waals surface area contributed by atoms with Crippen molar-refractivity contribution in [1.82, 2.24) is 15.3 Å². The number of thioether (sulfide) groups is 1. The molecule has 0 saturated carbocycles. The van der Waals surface area contributed by atoms with Gasteiger partial charge in [-0.2, -0.15) is 4.98 Å². The number of aromatic nitrogens is 2. The fourth-order valence-electron chi connectivity index (χ4n) is 2.35. The molecular formula is C17H17F2N3O4S. The van der Waals surface area contributed by atoms with Crippen LogP contribution in [0, 0.1) is 18.6 Å². The van der Waals surface area contributed by atoms with Crippen LogP contribution in [0.4, 0.5) is 8.78 Å². The van der Waals surface area contributed by atoms with Crippen LogP contribution in [-0.2, 0) is 9.53 Å². The van der Waals surface area contributed by atoms with Gasteiger partial charge in [-0.3, -0.25) is 4.79 Å². The van der Waals surface area contributed by atoms with Crippen molar-refractivity contribution in [2.75, 3.05) is 12.9 Å². The van der Waals surface area contributed by atoms with Crippen molar-refractivity contribution < 1.29 is 23.1 Å². The molecule has 0 spiro atoms. The molecule has 0 bridgehead atoms. The molecule has 10 heteroatoms. The number of aryl methyl sites for hydroxylation is 1. The summed E-state index contributed by atoms with van der Waals surface area (Å²) in [6, 6.07) is 2.38. The van der Waals surface area contributed by atoms with Crippen molar-refractivity contribution >= 4 is 23.6 Å². The van der Waals surface area contributed by atoms with Gasteiger partial charge in [-0.05, 0) is 19.9 Å². The summed E-state index contributed by atoms with van der Waals surface area (Å²) in [4.78, 5) is 41.6. The second-order valence-corrected chi connectivity index (χ2v) is 6.55. The number of halogens is 2. The van der Waals surface area contributed by atoms with E-state index in [0.29, 0.717) is 0 Å². The van der Waals surface area contributed by atoms with E-state index in [1.165, 1.54) is 20.1 Å². The maximum atomic E-state index is 13.8. The Morgan fingerprint density at radius 3 is 2.70 bits per heavy atom. The number of hydrogen-bond acceptors (Lipinski definition) is 6. The molecule has 1 unspecified atom stereocenters. The summed E-state index contributed by atoms with van der Waals surface area (Å²) in [5.74, 6) is -2.83. The van der Waals surface area contributed by atoms with Gasteiger partial charge in [-0.15, -0.1) is 0 Å². The molecule has 0 fully saturated rings. The molecule has 1 atom stereocenters. The number of carbonyl (C=O) groups is 2. The molecule has 27 heavy (non-hydrogen) atoms. The first kappa shape index (κ1) is 20.6. The zero-order chi connectivity index (χ0) is 20.1. The molecule has 7 nitrogen and oxygen atoms in total. The van der Waals surface area contributed by atoms with E-state index in [9.17, 15) is 23.2 Å². The zero-order valence-corrected chi connectivity index (χ0v) is 15.6. The Bertz CT molecular complexity index is 933. The number of nitrogens with one attached hydrogen (secondary N) is 2. The number of methoxy groups -OCH3 is 1. The van der Waals surface area contributed by atoms with Gasteiger partial charge in [0.15, 0.2) is 0 Å². The second-order valence-electron chi connectivity index (χ2n) is 5.58. The van der Waals surface area contributed by atoms with Gasteiger partial charge < -0.3 is 15.0 Å². The first-order valence-corrected chi connectivity index (χ1v) is 8.77. The summed E-state index contributed by atoms with van der Waals surface area (Å²) in [5, 5.41) is 2.62. The minimum atomic E-state index is -0.768. The topological polar surface area (TPSA) is 101 Å². The summed E-state index contributed by atoms with van der Waals surface area (Å²) in [6.45, 7) is 3.06. The van der Waals surface area contributed by atoms with E-state index in [1.54, 1.807) is 6.92 Å². The van der Waals surface area contributed by atoms with E-state index >= 15 is 0 Å². The van der Waals surface area contributed by atoms with Crippen LogP contribution in [0.15, 0.2) is 28.0 Å². The van der Waals surface area contributed by atoms with Gasteiger partial charge in [0, 0.05) is 17.3 Å². The standard InChI is InChI=1S/C17H17F2N3O4S/c1-8(11-5-4-10(18)6-12(11)19)20-13(23)7-27-15-14(16(24)26-3)9(2)21-17(25)22-15/h4-6,8H,7H2,1-3H3,(H,20,23)(H,21,22,25). The molecular weight excluding hydrogens is 380 g/mol. The molecule has 1 aromatic carbocycles. The Morgan fingerprint density at radius 2 is 2.07 bits per heavy atom. The third kappa shape index (κ3) is 5.13. The van der Waals surface area contributed by atoms with E-state index in [0.717, 1.165) is 23.9 Å². The van der Waals surface area contributed by atoms with Crippen molar-refractivity contribution in [1.29, 1.82) is 0 Å². The highest BCUT2D eigenvalue weighted by atomic mass is 32.2. The maximum absolute atomic E-state index is 13.8. The third-order valence-electron chi connectivity index (χ3n) is 3.62. The lowest BCUT2D eigenvalue weighted by Gasteiger charge is -2.15. The molecule has 0 aliphatic carbocycles. The number of amides is 1. The number of ether oxygens (including phenoxy) is 1. The average Bonchev–Trinajstić information content (AvgIpc) is 2.58. The van der Waals surface area contributed by atoms with Gasteiger partial charge in [-0.25, -0.2) is 18.4 Å². The molecule has 0 aliphatic heterocycles. The minimum absolute atomic E-state index is 0.0545. The van der Waals surface area contributed by atoms with E-state index in [-0.39, 0.29) is 27.6 Å². The van der Waals surface area contributed by atoms with Crippen LogP contribution < -0.4 is 11.0 Å². The number of benzene rings is 1. The number of carbonyl (C=O) groups excluding carboxylic acids is 2. The highest BCUT2D eigenvalue weighted by Gasteiger charge is 2.20. The summed E-state index contributed by atoms with van der Waals surface area (Å²) in [5.41, 5.74) is -0.195. The van der Waals surface area contributed by atoms with Crippen LogP contribution >= 0.6 is 11.8 Å². The van der Waals surface area contributed by atoms with Crippen molar-refractivity contribution in [3.63, 3.8) is 0 Å². The Morgan fingerprint density at radius 1 is 1.37 bits per heavy atom. The van der Waals surface area contributed by atoms with Gasteiger partial charge in [0.1, 0.15) is 22.2 Å². The summed E-state index contributed by atoms with van der Waals surface area (Å²) < 4.78 is 31.4. The first-order valence-electron chi connectivity index (χ1n) is 7.79. The van der Waals surface area contributed by atoms with E-state index in [2.05, 4.69) is 20.0 Å². The van der Waals surface area contributed by atoms with Crippen LogP contribution in [0.3, 0.4) is 0 Å². The molecule has 2 rings (SSSR count). The molecule has 1 amide bonds. The normalized spacial score (nSPS) is 11.7. The van der Waals surface area contributed by atoms with Crippen LogP contribution in [0.5, 0.6) is 0 Å². The van der Waals surface area contributed by atoms with Crippen molar-refractivity contribution in [3.05, 3.63) is 57.1 Å². The summed E-state index contributed by atoms with van der Waals surface area (Å²) in [7, 11) is 1.19. The SMILES string of the molecule is COC(=O)c1c(SCC(=O)NC(C)c2ccc(F)cc2F)nc(=O)[nH]c1C. The minimum Gasteiger partial charge on any atom is -0.465 e. The lowest BCUT2D eigenvalue weighted by molar-refractivity contribution is -0.119. The maximum Gasteiger partial charge on any atom is 0.346 e. The Hall–Kier alpha value is -2.75. The van der Waals surface area contributed by atoms with Gasteiger partial charge >= 0.3 is 11.7 Å². The fraction of sp³-hybridized carbons (Fsp3) is 0.294. The molecule has 2 N–H and O–H groups in total. The molecule has 1 aromatic heterocycles. The molecule has 0 saturated heterocycles. The number of aromatic amines is 1. The number of hydrogen-bond donors (Lipinski definition) is 2. The molecule has 0 aliphatic rings. The summed E-state index contributed by atoms with van der Waals surface area (Å²) in [6.07, 6.45) is 0. The summed E-state index contributed by atoms with van der Waals surface area (Å²) >= 11 is 0.873. The Labute approximate surface area is 157 Å². The molecule has 1 heterocycles. The van der Waals surface area contributed by atoms with E-state index in [4.69, 9.17) is 0 Å². The van der Waals surface area contributed by atoms with Crippen LogP contribution in [0.1, 0.15) is 34.6 Å². The quantitative estimate of drug-likeness (QED) is 0.440. The number of nitrogens with zero attached hydrogens (tertiary/aromatic N) is 1. The predicted octanol–water partition coefficient (Wildman–Crippen LogP) is 2.11. The monoisotopic (exact) mass is 397 g/mol. The van der Waals surface area contributed by atoms with Gasteiger partial charge in [0.25, 0.3) is 0 Å². The van der Waals surface area contributed by atoms with Gasteiger partial charge in [0.2, 0.25) is 5.91 Å². The highest BCUT2D eigenvalue weighted by Crippen LogP contribution is 2.22. The van der Waals surface area contributed by atoms with Crippen LogP contribution in [-0.4, -0.2) is 34.7 Å². The molecule has 144 valence electrons. The van der Waals surface area contributed by atoms with E-state index in [1.807, 2.05) is 0 Å². The van der Waals surface area contributed by atoms with Crippen molar-refractivity contribution in [2.24, 2.45) is 0 Å². The van der Waals surface area contributed by atoms with Crippen LogP contribution in [0.25, 0.3) is 0 Å². The highest BCUT2D eigenvalue weighted by molar-refractivity contribution is 8.00. The predicted molar refractivity (Wildman–Crippen MR) is 94.6 cm³/mol. The lowest BCUT2D eigenvalue weighted by Crippen LogP contribution is -2.29. The number of rotatable bonds is 6. The van der Waals surface area contributed by atoms with Gasteiger partial charge in [0.05, 0.1) is 18.9 Å². The largest absolute Gasteiger partial charge is 0.465 e. The number of H-pyrrole nitrogens is 1. The lowest BCUT2D eigenvalue weighted by atomic mass is 10.1. The van der Waals surface area contributed by atoms with Crippen molar-refractivity contribution in [2.45, 2.75) is 24.9 Å². The Kier molecular flexibility index (Phi) is 6.67. The molecule has 2 aromatic rings. The smallest absolute Gasteiger partial charge is 0.346 e.